The quantitative estimate of drug-likeness (QED) is 0.668. The second kappa shape index (κ2) is 8.82. The summed E-state index contributed by atoms with van der Waals surface area (Å²) in [6, 6.07) is 8.39. The number of anilines is 1. The summed E-state index contributed by atoms with van der Waals surface area (Å²) in [7, 11) is 0. The van der Waals surface area contributed by atoms with Crippen molar-refractivity contribution in [3.8, 4) is 0 Å². The van der Waals surface area contributed by atoms with Gasteiger partial charge < -0.3 is 4.98 Å². The predicted octanol–water partition coefficient (Wildman–Crippen LogP) is 3.68. The Bertz CT molecular complexity index is 1080. The van der Waals surface area contributed by atoms with Gasteiger partial charge in [-0.05, 0) is 51.8 Å². The number of hydrogen-bond donors (Lipinski definition) is 1. The van der Waals surface area contributed by atoms with Crippen LogP contribution in [0.1, 0.15) is 59.2 Å². The number of benzene rings is 1. The third-order valence-electron chi connectivity index (χ3n) is 6.70. The number of likely N-dealkylation sites (tertiary alicyclic amines) is 1. The molecule has 0 aliphatic carbocycles. The number of aromatic nitrogens is 4. The summed E-state index contributed by atoms with van der Waals surface area (Å²) in [6.07, 6.45) is 6.96. The lowest BCUT2D eigenvalue weighted by Gasteiger charge is -2.33. The largest absolute Gasteiger partial charge is 0.348 e. The van der Waals surface area contributed by atoms with Gasteiger partial charge in [-0.1, -0.05) is 29.8 Å². The van der Waals surface area contributed by atoms with Crippen molar-refractivity contribution in [3.63, 3.8) is 0 Å². The molecule has 1 fully saturated rings. The van der Waals surface area contributed by atoms with Crippen LogP contribution in [0, 0.1) is 13.8 Å². The van der Waals surface area contributed by atoms with Gasteiger partial charge in [-0.2, -0.15) is 0 Å². The molecule has 32 heavy (non-hydrogen) atoms. The van der Waals surface area contributed by atoms with Crippen molar-refractivity contribution < 1.29 is 4.79 Å². The van der Waals surface area contributed by atoms with Gasteiger partial charge in [0.15, 0.2) is 0 Å². The van der Waals surface area contributed by atoms with Crippen molar-refractivity contribution in [1.29, 1.82) is 0 Å². The van der Waals surface area contributed by atoms with E-state index in [1.54, 1.807) is 6.20 Å². The molecular weight excluding hydrogens is 400 g/mol. The number of carbonyl (C=O) groups excluding carboxylic acids is 1. The van der Waals surface area contributed by atoms with Gasteiger partial charge in [-0.3, -0.25) is 14.6 Å². The monoisotopic (exact) mass is 430 g/mol. The molecule has 1 amide bonds. The van der Waals surface area contributed by atoms with Crippen LogP contribution in [-0.4, -0.2) is 43.8 Å². The zero-order valence-electron chi connectivity index (χ0n) is 18.8. The topological polar surface area (TPSA) is 78.0 Å². The molecule has 0 atom stereocenters. The fraction of sp³-hybridized carbons (Fsp3) is 0.440. The van der Waals surface area contributed by atoms with Gasteiger partial charge in [0.1, 0.15) is 17.5 Å². The van der Waals surface area contributed by atoms with E-state index in [0.29, 0.717) is 18.9 Å². The van der Waals surface area contributed by atoms with E-state index in [0.717, 1.165) is 73.2 Å². The third-order valence-corrected chi connectivity index (χ3v) is 6.70. The molecule has 1 N–H and O–H groups in total. The van der Waals surface area contributed by atoms with Crippen molar-refractivity contribution in [3.05, 3.63) is 70.7 Å². The van der Waals surface area contributed by atoms with Crippen molar-refractivity contribution in [2.24, 2.45) is 0 Å². The van der Waals surface area contributed by atoms with Crippen LogP contribution in [0.4, 0.5) is 5.82 Å². The van der Waals surface area contributed by atoms with Gasteiger partial charge in [0, 0.05) is 36.0 Å². The maximum atomic E-state index is 12.9. The lowest BCUT2D eigenvalue weighted by atomic mass is 9.94. The summed E-state index contributed by atoms with van der Waals surface area (Å²) in [6.45, 7) is 7.55. The first-order valence-electron chi connectivity index (χ1n) is 11.5. The van der Waals surface area contributed by atoms with E-state index in [9.17, 15) is 4.79 Å². The van der Waals surface area contributed by atoms with E-state index in [1.165, 1.54) is 5.56 Å². The molecule has 3 aromatic rings. The van der Waals surface area contributed by atoms with Crippen LogP contribution >= 0.6 is 0 Å². The van der Waals surface area contributed by atoms with E-state index in [-0.39, 0.29) is 5.91 Å². The minimum atomic E-state index is 0.149. The molecule has 0 radical (unpaired) electrons. The molecule has 7 nitrogen and oxygen atoms in total. The highest BCUT2D eigenvalue weighted by atomic mass is 16.2. The number of nitrogens with zero attached hydrogens (tertiary/aromatic N) is 5. The Hall–Kier alpha value is -3.06. The number of carbonyl (C=O) groups is 1. The number of aryl methyl sites for hydroxylation is 2. The average Bonchev–Trinajstić information content (AvgIpc) is 3.30. The van der Waals surface area contributed by atoms with Crippen molar-refractivity contribution in [2.75, 3.05) is 18.0 Å². The maximum Gasteiger partial charge on any atom is 0.228 e. The highest BCUT2D eigenvalue weighted by molar-refractivity contribution is 5.95. The van der Waals surface area contributed by atoms with Gasteiger partial charge in [-0.25, -0.2) is 15.0 Å². The van der Waals surface area contributed by atoms with Crippen LogP contribution in [0.2, 0.25) is 0 Å². The number of fused-ring (bicyclic) bond motifs is 1. The average molecular weight is 431 g/mol. The van der Waals surface area contributed by atoms with Gasteiger partial charge in [0.2, 0.25) is 5.91 Å². The summed E-state index contributed by atoms with van der Waals surface area (Å²) in [5.74, 6) is 3.19. The first kappa shape index (κ1) is 20.8. The van der Waals surface area contributed by atoms with Crippen LogP contribution in [0.15, 0.2) is 36.7 Å². The first-order chi connectivity index (χ1) is 15.6. The lowest BCUT2D eigenvalue weighted by Crippen LogP contribution is -2.37. The molecule has 2 aliphatic heterocycles. The van der Waals surface area contributed by atoms with E-state index in [1.807, 2.05) is 11.1 Å². The molecule has 0 bridgehead atoms. The Labute approximate surface area is 188 Å². The number of piperidine rings is 1. The first-order valence-corrected chi connectivity index (χ1v) is 11.5. The zero-order chi connectivity index (χ0) is 22.1. The molecule has 2 aliphatic rings. The number of aromatic amines is 1. The number of imidazole rings is 1. The van der Waals surface area contributed by atoms with Crippen molar-refractivity contribution in [1.82, 2.24) is 24.8 Å². The Morgan fingerprint density at radius 1 is 1.03 bits per heavy atom. The van der Waals surface area contributed by atoms with Gasteiger partial charge >= 0.3 is 0 Å². The highest BCUT2D eigenvalue weighted by Gasteiger charge is 2.30. The molecule has 166 valence electrons. The fourth-order valence-electron chi connectivity index (χ4n) is 4.77. The van der Waals surface area contributed by atoms with Gasteiger partial charge in [-0.15, -0.1) is 0 Å². The van der Waals surface area contributed by atoms with E-state index < -0.39 is 0 Å². The minimum Gasteiger partial charge on any atom is -0.348 e. The van der Waals surface area contributed by atoms with Crippen molar-refractivity contribution in [2.45, 2.75) is 58.5 Å². The minimum absolute atomic E-state index is 0.149. The van der Waals surface area contributed by atoms with Gasteiger partial charge in [0.05, 0.1) is 13.1 Å². The summed E-state index contributed by atoms with van der Waals surface area (Å²) < 4.78 is 0. The third kappa shape index (κ3) is 4.30. The SMILES string of the molecule is Cc1ccc(CN2C(=O)CCc3c(C)nc(C4CCN(Cc5ncc[nH]5)CC4)nc32)cc1. The summed E-state index contributed by atoms with van der Waals surface area (Å²) >= 11 is 0. The number of hydrogen-bond acceptors (Lipinski definition) is 5. The molecule has 1 aromatic carbocycles. The Morgan fingerprint density at radius 3 is 2.53 bits per heavy atom. The normalized spacial score (nSPS) is 17.6. The Kier molecular flexibility index (Phi) is 5.74. The van der Waals surface area contributed by atoms with Crippen LogP contribution in [0.3, 0.4) is 0 Å². The number of rotatable bonds is 5. The Morgan fingerprint density at radius 2 is 1.81 bits per heavy atom. The Balaban J connectivity index is 1.35. The summed E-state index contributed by atoms with van der Waals surface area (Å²) in [5.41, 5.74) is 4.49. The van der Waals surface area contributed by atoms with E-state index in [2.05, 4.69) is 53.0 Å². The second-order valence-electron chi connectivity index (χ2n) is 9.02. The van der Waals surface area contributed by atoms with E-state index in [4.69, 9.17) is 9.97 Å². The number of nitrogens with one attached hydrogen (secondary N) is 1. The molecule has 0 unspecified atom stereocenters. The highest BCUT2D eigenvalue weighted by Crippen LogP contribution is 2.33. The molecule has 7 heteroatoms. The molecule has 0 saturated carbocycles. The molecule has 4 heterocycles. The van der Waals surface area contributed by atoms with Crippen LogP contribution in [-0.2, 0) is 24.3 Å². The molecule has 0 spiro atoms. The standard InChI is InChI=1S/C25H30N6O/c1-17-3-5-19(6-4-17)15-31-23(32)8-7-21-18(2)28-24(29-25(21)31)20-9-13-30(14-10-20)16-22-26-11-12-27-22/h3-6,11-12,20H,7-10,13-16H2,1-2H3,(H,26,27). The molecule has 2 aromatic heterocycles. The molecule has 1 saturated heterocycles. The zero-order valence-corrected chi connectivity index (χ0v) is 18.8. The second-order valence-corrected chi connectivity index (χ2v) is 9.02. The molecular formula is C25H30N6O. The maximum absolute atomic E-state index is 12.9. The molecule has 5 rings (SSSR count). The predicted molar refractivity (Wildman–Crippen MR) is 123 cm³/mol. The van der Waals surface area contributed by atoms with Crippen LogP contribution in [0.25, 0.3) is 0 Å². The van der Waals surface area contributed by atoms with Crippen molar-refractivity contribution >= 4 is 11.7 Å². The van der Waals surface area contributed by atoms with E-state index >= 15 is 0 Å². The number of amides is 1. The van der Waals surface area contributed by atoms with Crippen LogP contribution < -0.4 is 4.90 Å². The lowest BCUT2D eigenvalue weighted by molar-refractivity contribution is -0.119. The van der Waals surface area contributed by atoms with Gasteiger partial charge in [0.25, 0.3) is 0 Å². The summed E-state index contributed by atoms with van der Waals surface area (Å²) in [5, 5.41) is 0. The fourth-order valence-corrected chi connectivity index (χ4v) is 4.77. The summed E-state index contributed by atoms with van der Waals surface area (Å²) in [4.78, 5) is 34.6. The van der Waals surface area contributed by atoms with Crippen LogP contribution in [0.5, 0.6) is 0 Å². The smallest absolute Gasteiger partial charge is 0.228 e. The number of H-pyrrole nitrogens is 1.